The number of aryl methyl sites for hydroxylation is 2. The molecule has 1 saturated heterocycles. The molecular weight excluding hydrogens is 400 g/mol. The second-order valence-electron chi connectivity index (χ2n) is 7.21. The molecule has 3 aromatic rings. The summed E-state index contributed by atoms with van der Waals surface area (Å²) in [4.78, 5) is 34.2. The number of nitrogens with zero attached hydrogens (tertiary/aromatic N) is 4. The molecule has 0 unspecified atom stereocenters. The maximum atomic E-state index is 12.7. The lowest BCUT2D eigenvalue weighted by Crippen LogP contribution is -2.50. The maximum Gasteiger partial charge on any atom is 0.253 e. The first-order chi connectivity index (χ1) is 14.6. The third-order valence-corrected chi connectivity index (χ3v) is 6.16. The molecule has 0 atom stereocenters. The average molecular weight is 425 g/mol. The number of piperazine rings is 1. The number of amides is 2. The maximum absolute atomic E-state index is 12.7. The zero-order chi connectivity index (χ0) is 20.9. The van der Waals surface area contributed by atoms with Gasteiger partial charge in [0.05, 0.1) is 4.88 Å². The highest BCUT2D eigenvalue weighted by Gasteiger charge is 2.25. The number of hydrogen-bond acceptors (Lipinski definition) is 6. The molecule has 0 aliphatic carbocycles. The van der Waals surface area contributed by atoms with Crippen LogP contribution in [0.3, 0.4) is 0 Å². The lowest BCUT2D eigenvalue weighted by molar-refractivity contribution is -0.132. The zero-order valence-corrected chi connectivity index (χ0v) is 17.7. The van der Waals surface area contributed by atoms with Crippen molar-refractivity contribution in [2.45, 2.75) is 26.2 Å². The van der Waals surface area contributed by atoms with Crippen LogP contribution in [0.1, 0.15) is 35.2 Å². The van der Waals surface area contributed by atoms with Gasteiger partial charge < -0.3 is 14.3 Å². The molecule has 1 aromatic carbocycles. The summed E-state index contributed by atoms with van der Waals surface area (Å²) in [5.41, 5.74) is 1.91. The van der Waals surface area contributed by atoms with Crippen LogP contribution in [-0.4, -0.2) is 57.9 Å². The van der Waals surface area contributed by atoms with Gasteiger partial charge in [-0.1, -0.05) is 30.3 Å². The van der Waals surface area contributed by atoms with Crippen molar-refractivity contribution in [1.82, 2.24) is 19.9 Å². The van der Waals surface area contributed by atoms with Gasteiger partial charge in [0.25, 0.3) is 5.91 Å². The van der Waals surface area contributed by atoms with E-state index in [1.165, 1.54) is 5.56 Å². The van der Waals surface area contributed by atoms with Gasteiger partial charge in [-0.25, -0.2) is 0 Å². The third kappa shape index (κ3) is 4.59. The summed E-state index contributed by atoms with van der Waals surface area (Å²) in [6.07, 6.45) is 1.69. The van der Waals surface area contributed by atoms with Gasteiger partial charge in [-0.3, -0.25) is 9.59 Å². The van der Waals surface area contributed by atoms with E-state index >= 15 is 0 Å². The summed E-state index contributed by atoms with van der Waals surface area (Å²) in [6.45, 7) is 4.27. The molecule has 0 N–H and O–H groups in total. The fraction of sp³-hybridized carbons (Fsp3) is 0.364. The van der Waals surface area contributed by atoms with Gasteiger partial charge >= 0.3 is 0 Å². The molecule has 0 radical (unpaired) electrons. The highest BCUT2D eigenvalue weighted by molar-refractivity contribution is 7.13. The molecule has 8 heteroatoms. The van der Waals surface area contributed by atoms with Crippen molar-refractivity contribution in [1.29, 1.82) is 0 Å². The van der Waals surface area contributed by atoms with Crippen molar-refractivity contribution < 1.29 is 14.1 Å². The number of aromatic nitrogens is 2. The van der Waals surface area contributed by atoms with Crippen molar-refractivity contribution in [2.24, 2.45) is 0 Å². The summed E-state index contributed by atoms with van der Waals surface area (Å²) in [7, 11) is 0. The van der Waals surface area contributed by atoms with Gasteiger partial charge in [0.1, 0.15) is 0 Å². The van der Waals surface area contributed by atoms with E-state index < -0.39 is 0 Å². The first-order valence-corrected chi connectivity index (χ1v) is 11.0. The SMILES string of the molecule is CCc1ccc(C(=O)N2CCN(C(=O)CCc3nc(-c4cccs4)no3)CC2)cc1. The van der Waals surface area contributed by atoms with Crippen LogP contribution in [0, 0.1) is 0 Å². The molecule has 1 aliphatic heterocycles. The van der Waals surface area contributed by atoms with E-state index in [0.29, 0.717) is 56.3 Å². The first kappa shape index (κ1) is 20.3. The number of carbonyl (C=O) groups excluding carboxylic acids is 2. The van der Waals surface area contributed by atoms with Crippen LogP contribution >= 0.6 is 11.3 Å². The lowest BCUT2D eigenvalue weighted by Gasteiger charge is -2.34. The lowest BCUT2D eigenvalue weighted by atomic mass is 10.1. The number of thiophene rings is 1. The van der Waals surface area contributed by atoms with E-state index in [1.807, 2.05) is 46.7 Å². The molecule has 0 spiro atoms. The largest absolute Gasteiger partial charge is 0.339 e. The minimum absolute atomic E-state index is 0.0247. The van der Waals surface area contributed by atoms with E-state index in [9.17, 15) is 9.59 Å². The molecule has 7 nitrogen and oxygen atoms in total. The Morgan fingerprint density at radius 3 is 2.47 bits per heavy atom. The van der Waals surface area contributed by atoms with Gasteiger partial charge in [0.2, 0.25) is 17.6 Å². The molecule has 156 valence electrons. The van der Waals surface area contributed by atoms with Crippen LogP contribution < -0.4 is 0 Å². The van der Waals surface area contributed by atoms with Crippen LogP contribution in [-0.2, 0) is 17.6 Å². The Hall–Kier alpha value is -3.00. The number of hydrogen-bond donors (Lipinski definition) is 0. The molecule has 1 fully saturated rings. The van der Waals surface area contributed by atoms with Gasteiger partial charge in [0.15, 0.2) is 0 Å². The smallest absolute Gasteiger partial charge is 0.253 e. The Labute approximate surface area is 179 Å². The fourth-order valence-electron chi connectivity index (χ4n) is 3.46. The predicted octanol–water partition coefficient (Wildman–Crippen LogP) is 3.28. The number of benzene rings is 1. The molecule has 1 aliphatic rings. The molecule has 4 rings (SSSR count). The standard InChI is InChI=1S/C22H24N4O3S/c1-2-16-5-7-17(8-6-16)22(28)26-13-11-25(12-14-26)20(27)10-9-19-23-21(24-29-19)18-4-3-15-30-18/h3-8,15H,2,9-14H2,1H3. The Balaban J connectivity index is 1.25. The van der Waals surface area contributed by atoms with Crippen LogP contribution in [0.2, 0.25) is 0 Å². The molecule has 3 heterocycles. The average Bonchev–Trinajstić information content (AvgIpc) is 3.49. The highest BCUT2D eigenvalue weighted by atomic mass is 32.1. The van der Waals surface area contributed by atoms with Crippen molar-refractivity contribution in [2.75, 3.05) is 26.2 Å². The minimum atomic E-state index is 0.0247. The predicted molar refractivity (Wildman–Crippen MR) is 114 cm³/mol. The molecule has 2 amide bonds. The Morgan fingerprint density at radius 2 is 1.80 bits per heavy atom. The summed E-state index contributed by atoms with van der Waals surface area (Å²) in [5.74, 6) is 1.10. The molecule has 0 saturated carbocycles. The monoisotopic (exact) mass is 424 g/mol. The number of rotatable bonds is 6. The van der Waals surface area contributed by atoms with Crippen molar-refractivity contribution in [3.05, 3.63) is 58.8 Å². The van der Waals surface area contributed by atoms with E-state index in [4.69, 9.17) is 4.52 Å². The van der Waals surface area contributed by atoms with E-state index in [1.54, 1.807) is 16.2 Å². The van der Waals surface area contributed by atoms with Gasteiger partial charge in [-0.2, -0.15) is 4.98 Å². The second-order valence-corrected chi connectivity index (χ2v) is 8.16. The number of carbonyl (C=O) groups is 2. The Bertz CT molecular complexity index is 990. The first-order valence-electron chi connectivity index (χ1n) is 10.2. The van der Waals surface area contributed by atoms with Crippen LogP contribution in [0.4, 0.5) is 0 Å². The molecular formula is C22H24N4O3S. The van der Waals surface area contributed by atoms with Crippen molar-refractivity contribution in [3.8, 4) is 10.7 Å². The van der Waals surface area contributed by atoms with Gasteiger partial charge in [0, 0.05) is 44.6 Å². The Morgan fingerprint density at radius 1 is 1.07 bits per heavy atom. The van der Waals surface area contributed by atoms with Crippen LogP contribution in [0.15, 0.2) is 46.3 Å². The van der Waals surface area contributed by atoms with E-state index in [0.717, 1.165) is 11.3 Å². The summed E-state index contributed by atoms with van der Waals surface area (Å²) >= 11 is 1.55. The summed E-state index contributed by atoms with van der Waals surface area (Å²) in [6, 6.07) is 11.6. The normalized spacial score (nSPS) is 14.2. The fourth-order valence-corrected chi connectivity index (χ4v) is 4.11. The molecule has 0 bridgehead atoms. The van der Waals surface area contributed by atoms with Crippen molar-refractivity contribution in [3.63, 3.8) is 0 Å². The molecule has 30 heavy (non-hydrogen) atoms. The quantitative estimate of drug-likeness (QED) is 0.607. The summed E-state index contributed by atoms with van der Waals surface area (Å²) in [5, 5.41) is 5.93. The van der Waals surface area contributed by atoms with E-state index in [2.05, 4.69) is 17.1 Å². The van der Waals surface area contributed by atoms with Gasteiger partial charge in [-0.15, -0.1) is 11.3 Å². The topological polar surface area (TPSA) is 79.5 Å². The second kappa shape index (κ2) is 9.21. The van der Waals surface area contributed by atoms with E-state index in [-0.39, 0.29) is 11.8 Å². The minimum Gasteiger partial charge on any atom is -0.339 e. The Kier molecular flexibility index (Phi) is 6.23. The zero-order valence-electron chi connectivity index (χ0n) is 16.9. The van der Waals surface area contributed by atoms with Crippen molar-refractivity contribution >= 4 is 23.2 Å². The summed E-state index contributed by atoms with van der Waals surface area (Å²) < 4.78 is 5.26. The highest BCUT2D eigenvalue weighted by Crippen LogP contribution is 2.21. The third-order valence-electron chi connectivity index (χ3n) is 5.29. The molecule has 2 aromatic heterocycles. The van der Waals surface area contributed by atoms with Crippen LogP contribution in [0.5, 0.6) is 0 Å². The van der Waals surface area contributed by atoms with Gasteiger partial charge in [-0.05, 0) is 35.6 Å². The van der Waals surface area contributed by atoms with Crippen LogP contribution in [0.25, 0.3) is 10.7 Å².